The maximum atomic E-state index is 13.0. The number of rotatable bonds is 41. The SMILES string of the molecule is CCCCCCCCCCCCCCCCCCCCCCC(=O)N[C@@H](COP(=O)(O)OC1C(O)C(O)C(O)[C@@H](O)C1O)[C@H](O)CCCCCCCCCCCCCC. The van der Waals surface area contributed by atoms with Crippen LogP contribution in [0.15, 0.2) is 0 Å². The molecule has 1 amide bonds. The molecule has 0 aromatic carbocycles. The van der Waals surface area contributed by atoms with E-state index in [-0.39, 0.29) is 12.3 Å². The second-order valence-corrected chi connectivity index (χ2v) is 19.1. The lowest BCUT2D eigenvalue weighted by Gasteiger charge is -2.41. The van der Waals surface area contributed by atoms with Gasteiger partial charge in [-0.2, -0.15) is 0 Å². The lowest BCUT2D eigenvalue weighted by Crippen LogP contribution is -2.64. The molecule has 1 aliphatic rings. The number of hydrogen-bond acceptors (Lipinski definition) is 10. The Balaban J connectivity index is 2.39. The van der Waals surface area contributed by atoms with Gasteiger partial charge in [0, 0.05) is 6.42 Å². The maximum absolute atomic E-state index is 13.0. The van der Waals surface area contributed by atoms with Gasteiger partial charge in [0.25, 0.3) is 0 Å². The van der Waals surface area contributed by atoms with E-state index >= 15 is 0 Å². The highest BCUT2D eigenvalue weighted by atomic mass is 31.2. The molecule has 0 saturated heterocycles. The summed E-state index contributed by atoms with van der Waals surface area (Å²) in [6.07, 6.45) is 27.1. The summed E-state index contributed by atoms with van der Waals surface area (Å²) in [5.41, 5.74) is 0. The lowest BCUT2D eigenvalue weighted by molar-refractivity contribution is -0.220. The molecule has 12 nitrogen and oxygen atoms in total. The van der Waals surface area contributed by atoms with Gasteiger partial charge in [0.05, 0.1) is 18.8 Å². The van der Waals surface area contributed by atoms with Crippen molar-refractivity contribution in [3.63, 3.8) is 0 Å². The van der Waals surface area contributed by atoms with Crippen LogP contribution in [0.25, 0.3) is 0 Å². The highest BCUT2D eigenvalue weighted by molar-refractivity contribution is 7.47. The van der Waals surface area contributed by atoms with E-state index in [9.17, 15) is 44.9 Å². The number of aliphatic hydroxyl groups is 6. The van der Waals surface area contributed by atoms with Crippen molar-refractivity contribution in [2.45, 2.75) is 281 Å². The van der Waals surface area contributed by atoms with Crippen molar-refractivity contribution in [3.05, 3.63) is 0 Å². The van der Waals surface area contributed by atoms with E-state index in [0.29, 0.717) is 19.3 Å². The number of carbonyl (C=O) groups is 1. The van der Waals surface area contributed by atoms with E-state index in [1.165, 1.54) is 154 Å². The molecule has 1 rings (SSSR count). The molecule has 0 radical (unpaired) electrons. The minimum absolute atomic E-state index is 0.243. The third kappa shape index (κ3) is 28.6. The Bertz CT molecular complexity index is 1010. The zero-order valence-electron chi connectivity index (χ0n) is 37.6. The Morgan fingerprint density at radius 2 is 0.814 bits per heavy atom. The second-order valence-electron chi connectivity index (χ2n) is 17.7. The van der Waals surface area contributed by atoms with Gasteiger partial charge >= 0.3 is 7.82 Å². The van der Waals surface area contributed by atoms with Crippen molar-refractivity contribution in [2.75, 3.05) is 6.61 Å². The molecule has 59 heavy (non-hydrogen) atoms. The highest BCUT2D eigenvalue weighted by Crippen LogP contribution is 2.47. The van der Waals surface area contributed by atoms with E-state index in [4.69, 9.17) is 9.05 Å². The molecule has 352 valence electrons. The van der Waals surface area contributed by atoms with Crippen LogP contribution in [0.3, 0.4) is 0 Å². The molecule has 0 heterocycles. The van der Waals surface area contributed by atoms with Gasteiger partial charge in [0.2, 0.25) is 5.91 Å². The van der Waals surface area contributed by atoms with Crippen molar-refractivity contribution < 1.29 is 53.9 Å². The monoisotopic (exact) mass is 866 g/mol. The van der Waals surface area contributed by atoms with Gasteiger partial charge in [-0.1, -0.05) is 213 Å². The van der Waals surface area contributed by atoms with E-state index in [1.54, 1.807) is 0 Å². The predicted octanol–water partition coefficient (Wildman–Crippen LogP) is 9.46. The summed E-state index contributed by atoms with van der Waals surface area (Å²) in [4.78, 5) is 23.4. The van der Waals surface area contributed by atoms with Crippen LogP contribution in [0.2, 0.25) is 0 Å². The van der Waals surface area contributed by atoms with Gasteiger partial charge in [0.1, 0.15) is 36.6 Å². The quantitative estimate of drug-likeness (QED) is 0.0215. The summed E-state index contributed by atoms with van der Waals surface area (Å²) in [6.45, 7) is 3.90. The number of nitrogens with one attached hydrogen (secondary N) is 1. The average Bonchev–Trinajstić information content (AvgIpc) is 3.22. The largest absolute Gasteiger partial charge is 0.472 e. The molecular formula is C46H92NO11P. The predicted molar refractivity (Wildman–Crippen MR) is 237 cm³/mol. The third-order valence-electron chi connectivity index (χ3n) is 12.2. The molecule has 13 heteroatoms. The zero-order chi connectivity index (χ0) is 43.6. The first-order chi connectivity index (χ1) is 28.4. The van der Waals surface area contributed by atoms with Gasteiger partial charge in [0.15, 0.2) is 0 Å². The Morgan fingerprint density at radius 3 is 1.17 bits per heavy atom. The van der Waals surface area contributed by atoms with Crippen LogP contribution in [0.5, 0.6) is 0 Å². The summed E-state index contributed by atoms with van der Waals surface area (Å²) in [7, 11) is -5.05. The molecule has 8 N–H and O–H groups in total. The Morgan fingerprint density at radius 1 is 0.508 bits per heavy atom. The minimum atomic E-state index is -5.05. The summed E-state index contributed by atoms with van der Waals surface area (Å²) in [6, 6.07) is -1.02. The normalized spacial score (nSPS) is 22.9. The van der Waals surface area contributed by atoms with Gasteiger partial charge in [-0.25, -0.2) is 4.57 Å². The van der Waals surface area contributed by atoms with E-state index in [2.05, 4.69) is 19.2 Å². The lowest BCUT2D eigenvalue weighted by atomic mass is 9.85. The van der Waals surface area contributed by atoms with Gasteiger partial charge < -0.3 is 40.8 Å². The van der Waals surface area contributed by atoms with Crippen molar-refractivity contribution in [3.8, 4) is 0 Å². The van der Waals surface area contributed by atoms with Gasteiger partial charge in [-0.3, -0.25) is 13.8 Å². The van der Waals surface area contributed by atoms with Crippen LogP contribution in [0.1, 0.15) is 232 Å². The molecule has 0 spiro atoms. The number of phosphoric acid groups is 1. The van der Waals surface area contributed by atoms with Crippen LogP contribution < -0.4 is 5.32 Å². The summed E-state index contributed by atoms with van der Waals surface area (Å²) < 4.78 is 23.0. The fourth-order valence-corrected chi connectivity index (χ4v) is 9.11. The molecule has 0 aromatic heterocycles. The Labute approximate surface area is 359 Å². The highest BCUT2D eigenvalue weighted by Gasteiger charge is 2.51. The van der Waals surface area contributed by atoms with Crippen molar-refractivity contribution >= 4 is 13.7 Å². The number of phosphoric ester groups is 1. The Hall–Kier alpha value is -0.660. The first-order valence-electron chi connectivity index (χ1n) is 24.5. The van der Waals surface area contributed by atoms with Crippen molar-refractivity contribution in [2.24, 2.45) is 0 Å². The zero-order valence-corrected chi connectivity index (χ0v) is 38.5. The fourth-order valence-electron chi connectivity index (χ4n) is 8.14. The average molecular weight is 866 g/mol. The number of unbranched alkanes of at least 4 members (excludes halogenated alkanes) is 30. The molecule has 0 aromatic rings. The van der Waals surface area contributed by atoms with Gasteiger partial charge in [-0.05, 0) is 12.8 Å². The number of amides is 1. The number of carbonyl (C=O) groups excluding carboxylic acids is 1. The Kier molecular flexibility index (Phi) is 35.1. The molecule has 9 atom stereocenters. The summed E-state index contributed by atoms with van der Waals surface area (Å²) in [5.74, 6) is -0.304. The minimum Gasteiger partial charge on any atom is -0.391 e. The van der Waals surface area contributed by atoms with Crippen molar-refractivity contribution in [1.29, 1.82) is 0 Å². The van der Waals surface area contributed by atoms with E-state index in [0.717, 1.165) is 38.5 Å². The van der Waals surface area contributed by atoms with Crippen molar-refractivity contribution in [1.82, 2.24) is 5.32 Å². The maximum Gasteiger partial charge on any atom is 0.472 e. The molecule has 0 bridgehead atoms. The summed E-state index contributed by atoms with van der Waals surface area (Å²) in [5, 5.41) is 64.1. The van der Waals surface area contributed by atoms with Crippen LogP contribution in [-0.4, -0.2) is 96.8 Å². The smallest absolute Gasteiger partial charge is 0.391 e. The van der Waals surface area contributed by atoms with Gasteiger partial charge in [-0.15, -0.1) is 0 Å². The molecular weight excluding hydrogens is 773 g/mol. The fraction of sp³-hybridized carbons (Fsp3) is 0.978. The van der Waals surface area contributed by atoms with Crippen LogP contribution in [0.4, 0.5) is 0 Å². The molecule has 6 unspecified atom stereocenters. The third-order valence-corrected chi connectivity index (χ3v) is 13.2. The summed E-state index contributed by atoms with van der Waals surface area (Å²) >= 11 is 0. The molecule has 1 aliphatic carbocycles. The molecule has 1 fully saturated rings. The number of hydrogen-bond donors (Lipinski definition) is 8. The standard InChI is InChI=1S/C46H92NO11P/c1-3-5-7-9-11-13-15-17-18-19-20-21-22-23-24-26-28-30-32-34-36-40(49)47-38(39(48)35-33-31-29-27-25-16-14-12-10-8-6-4-2)37-57-59(55,56)58-46-44(53)42(51)41(50)43(52)45(46)54/h38-39,41-46,48,50-54H,3-37H2,1-2H3,(H,47,49)(H,55,56)/t38-,39+,41?,42+,43?,44?,45?,46?/m0/s1. The number of aliphatic hydroxyl groups excluding tert-OH is 6. The van der Waals surface area contributed by atoms with E-state index in [1.807, 2.05) is 0 Å². The molecule has 1 saturated carbocycles. The second kappa shape index (κ2) is 36.8. The first-order valence-corrected chi connectivity index (χ1v) is 26.0. The molecule has 0 aliphatic heterocycles. The van der Waals surface area contributed by atoms with Crippen LogP contribution in [0, 0.1) is 0 Å². The van der Waals surface area contributed by atoms with Crippen LogP contribution in [-0.2, 0) is 18.4 Å². The van der Waals surface area contributed by atoms with E-state index < -0.39 is 63.2 Å². The first kappa shape index (κ1) is 56.4. The van der Waals surface area contributed by atoms with Crippen LogP contribution >= 0.6 is 7.82 Å². The topological polar surface area (TPSA) is 206 Å².